The molecule has 1 aromatic rings. The van der Waals surface area contributed by atoms with E-state index < -0.39 is 5.97 Å². The van der Waals surface area contributed by atoms with E-state index in [4.69, 9.17) is 5.11 Å². The molecule has 0 bridgehead atoms. The summed E-state index contributed by atoms with van der Waals surface area (Å²) in [7, 11) is 0. The van der Waals surface area contributed by atoms with Gasteiger partial charge in [0, 0.05) is 18.7 Å². The average Bonchev–Trinajstić information content (AvgIpc) is 2.43. The molecule has 0 saturated heterocycles. The van der Waals surface area contributed by atoms with Gasteiger partial charge in [0.2, 0.25) is 0 Å². The van der Waals surface area contributed by atoms with E-state index in [9.17, 15) is 9.59 Å². The SMILES string of the molecule is CCCc1ccc(C(=O)N(CCC(=O)O)CC(C)C)cc1. The van der Waals surface area contributed by atoms with Crippen LogP contribution in [0.1, 0.15) is 49.5 Å². The molecule has 1 aromatic carbocycles. The summed E-state index contributed by atoms with van der Waals surface area (Å²) >= 11 is 0. The topological polar surface area (TPSA) is 57.6 Å². The molecule has 0 saturated carbocycles. The second-order valence-electron chi connectivity index (χ2n) is 5.74. The third kappa shape index (κ3) is 5.98. The lowest BCUT2D eigenvalue weighted by atomic mass is 10.1. The Morgan fingerprint density at radius 2 is 1.81 bits per heavy atom. The fourth-order valence-electron chi connectivity index (χ4n) is 2.23. The van der Waals surface area contributed by atoms with Crippen LogP contribution in [0, 0.1) is 5.92 Å². The van der Waals surface area contributed by atoms with Crippen LogP contribution in [0.25, 0.3) is 0 Å². The first-order chi connectivity index (χ1) is 9.93. The fourth-order valence-corrected chi connectivity index (χ4v) is 2.23. The number of aryl methyl sites for hydroxylation is 1. The number of rotatable bonds is 8. The van der Waals surface area contributed by atoms with Crippen molar-refractivity contribution in [2.45, 2.75) is 40.0 Å². The van der Waals surface area contributed by atoms with Crippen LogP contribution in [0.3, 0.4) is 0 Å². The van der Waals surface area contributed by atoms with Gasteiger partial charge in [-0.05, 0) is 30.0 Å². The summed E-state index contributed by atoms with van der Waals surface area (Å²) in [5, 5.41) is 8.81. The van der Waals surface area contributed by atoms with Crippen molar-refractivity contribution >= 4 is 11.9 Å². The Labute approximate surface area is 126 Å². The van der Waals surface area contributed by atoms with Gasteiger partial charge in [-0.3, -0.25) is 9.59 Å². The second kappa shape index (κ2) is 8.45. The van der Waals surface area contributed by atoms with E-state index in [1.807, 2.05) is 38.1 Å². The van der Waals surface area contributed by atoms with Crippen molar-refractivity contribution in [2.75, 3.05) is 13.1 Å². The highest BCUT2D eigenvalue weighted by molar-refractivity contribution is 5.94. The number of benzene rings is 1. The van der Waals surface area contributed by atoms with E-state index in [-0.39, 0.29) is 18.9 Å². The minimum absolute atomic E-state index is 0.0215. The van der Waals surface area contributed by atoms with Crippen molar-refractivity contribution < 1.29 is 14.7 Å². The zero-order valence-corrected chi connectivity index (χ0v) is 13.1. The van der Waals surface area contributed by atoms with E-state index in [1.165, 1.54) is 5.56 Å². The second-order valence-corrected chi connectivity index (χ2v) is 5.74. The maximum atomic E-state index is 12.5. The number of nitrogens with zero attached hydrogens (tertiary/aromatic N) is 1. The largest absolute Gasteiger partial charge is 0.481 e. The lowest BCUT2D eigenvalue weighted by molar-refractivity contribution is -0.137. The summed E-state index contributed by atoms with van der Waals surface area (Å²) in [6, 6.07) is 7.62. The molecule has 1 amide bonds. The predicted octanol–water partition coefficient (Wildman–Crippen LogP) is 3.21. The molecule has 21 heavy (non-hydrogen) atoms. The van der Waals surface area contributed by atoms with Crippen molar-refractivity contribution in [2.24, 2.45) is 5.92 Å². The molecule has 116 valence electrons. The number of carbonyl (C=O) groups is 2. The van der Waals surface area contributed by atoms with Crippen LogP contribution in [0.5, 0.6) is 0 Å². The standard InChI is InChI=1S/C17H25NO3/c1-4-5-14-6-8-15(9-7-14)17(21)18(12-13(2)3)11-10-16(19)20/h6-9,13H,4-5,10-12H2,1-3H3,(H,19,20). The maximum Gasteiger partial charge on any atom is 0.305 e. The van der Waals surface area contributed by atoms with Gasteiger partial charge < -0.3 is 10.0 Å². The summed E-state index contributed by atoms with van der Waals surface area (Å²) in [4.78, 5) is 24.9. The summed E-state index contributed by atoms with van der Waals surface area (Å²) < 4.78 is 0. The van der Waals surface area contributed by atoms with Crippen molar-refractivity contribution in [3.8, 4) is 0 Å². The van der Waals surface area contributed by atoms with Gasteiger partial charge in [0.1, 0.15) is 0 Å². The molecular weight excluding hydrogens is 266 g/mol. The number of amides is 1. The molecule has 1 rings (SSSR count). The molecule has 0 aromatic heterocycles. The molecule has 1 N–H and O–H groups in total. The van der Waals surface area contributed by atoms with Gasteiger partial charge in [0.05, 0.1) is 6.42 Å². The number of aliphatic carboxylic acids is 1. The fraction of sp³-hybridized carbons (Fsp3) is 0.529. The number of carbonyl (C=O) groups excluding carboxylic acids is 1. The Bertz CT molecular complexity index is 465. The monoisotopic (exact) mass is 291 g/mol. The van der Waals surface area contributed by atoms with Crippen molar-refractivity contribution in [3.05, 3.63) is 35.4 Å². The average molecular weight is 291 g/mol. The van der Waals surface area contributed by atoms with Crippen LogP contribution < -0.4 is 0 Å². The minimum atomic E-state index is -0.880. The Morgan fingerprint density at radius 1 is 1.19 bits per heavy atom. The van der Waals surface area contributed by atoms with Gasteiger partial charge in [-0.25, -0.2) is 0 Å². The van der Waals surface area contributed by atoms with Crippen molar-refractivity contribution in [1.29, 1.82) is 0 Å². The number of hydrogen-bond donors (Lipinski definition) is 1. The van der Waals surface area contributed by atoms with Crippen LogP contribution in [0.15, 0.2) is 24.3 Å². The zero-order valence-electron chi connectivity index (χ0n) is 13.1. The highest BCUT2D eigenvalue weighted by Gasteiger charge is 2.17. The predicted molar refractivity (Wildman–Crippen MR) is 83.4 cm³/mol. The molecule has 0 radical (unpaired) electrons. The van der Waals surface area contributed by atoms with Crippen molar-refractivity contribution in [3.63, 3.8) is 0 Å². The van der Waals surface area contributed by atoms with Crippen LogP contribution in [0.2, 0.25) is 0 Å². The van der Waals surface area contributed by atoms with E-state index >= 15 is 0 Å². The van der Waals surface area contributed by atoms with Gasteiger partial charge in [0.15, 0.2) is 0 Å². The minimum Gasteiger partial charge on any atom is -0.481 e. The Kier molecular flexibility index (Phi) is 6.92. The highest BCUT2D eigenvalue weighted by atomic mass is 16.4. The van der Waals surface area contributed by atoms with Crippen LogP contribution >= 0.6 is 0 Å². The molecule has 4 nitrogen and oxygen atoms in total. The first-order valence-electron chi connectivity index (χ1n) is 7.54. The quantitative estimate of drug-likeness (QED) is 0.800. The van der Waals surface area contributed by atoms with Crippen LogP contribution in [0.4, 0.5) is 0 Å². The van der Waals surface area contributed by atoms with Crippen molar-refractivity contribution in [1.82, 2.24) is 4.90 Å². The normalized spacial score (nSPS) is 10.7. The Hall–Kier alpha value is -1.84. The number of carboxylic acids is 1. The molecule has 0 heterocycles. The highest BCUT2D eigenvalue weighted by Crippen LogP contribution is 2.11. The van der Waals surface area contributed by atoms with Gasteiger partial charge in [-0.1, -0.05) is 39.3 Å². The summed E-state index contributed by atoms with van der Waals surface area (Å²) in [6.45, 7) is 6.98. The summed E-state index contributed by atoms with van der Waals surface area (Å²) in [5.41, 5.74) is 1.84. The molecule has 4 heteroatoms. The van der Waals surface area contributed by atoms with E-state index in [2.05, 4.69) is 6.92 Å². The lowest BCUT2D eigenvalue weighted by Crippen LogP contribution is -2.36. The smallest absolute Gasteiger partial charge is 0.305 e. The number of hydrogen-bond acceptors (Lipinski definition) is 2. The lowest BCUT2D eigenvalue weighted by Gasteiger charge is -2.24. The summed E-state index contributed by atoms with van der Waals surface area (Å²) in [6.07, 6.45) is 2.06. The first-order valence-corrected chi connectivity index (χ1v) is 7.54. The van der Waals surface area contributed by atoms with E-state index in [0.717, 1.165) is 12.8 Å². The van der Waals surface area contributed by atoms with Crippen LogP contribution in [-0.2, 0) is 11.2 Å². The van der Waals surface area contributed by atoms with Gasteiger partial charge >= 0.3 is 5.97 Å². The third-order valence-electron chi connectivity index (χ3n) is 3.21. The van der Waals surface area contributed by atoms with Gasteiger partial charge in [-0.15, -0.1) is 0 Å². The molecule has 0 aliphatic carbocycles. The molecule has 0 aliphatic rings. The third-order valence-corrected chi connectivity index (χ3v) is 3.21. The van der Waals surface area contributed by atoms with E-state index in [0.29, 0.717) is 18.0 Å². The maximum absolute atomic E-state index is 12.5. The first kappa shape index (κ1) is 17.2. The van der Waals surface area contributed by atoms with Gasteiger partial charge in [-0.2, -0.15) is 0 Å². The molecule has 0 aliphatic heterocycles. The summed E-state index contributed by atoms with van der Waals surface area (Å²) in [5.74, 6) is -0.662. The molecule has 0 spiro atoms. The molecule has 0 atom stereocenters. The zero-order chi connectivity index (χ0) is 15.8. The number of carboxylic acid groups (broad SMARTS) is 1. The van der Waals surface area contributed by atoms with Gasteiger partial charge in [0.25, 0.3) is 5.91 Å². The Morgan fingerprint density at radius 3 is 2.29 bits per heavy atom. The molecule has 0 fully saturated rings. The molecular formula is C17H25NO3. The van der Waals surface area contributed by atoms with E-state index in [1.54, 1.807) is 4.90 Å². The molecule has 0 unspecified atom stereocenters. The Balaban J connectivity index is 2.80. The van der Waals surface area contributed by atoms with Crippen LogP contribution in [-0.4, -0.2) is 35.0 Å².